The maximum atomic E-state index is 10.9. The summed E-state index contributed by atoms with van der Waals surface area (Å²) in [6, 6.07) is 5.19. The van der Waals surface area contributed by atoms with Crippen molar-refractivity contribution in [1.29, 1.82) is 0 Å². The highest BCUT2D eigenvalue weighted by Gasteiger charge is 2.16. The molecule has 0 spiro atoms. The van der Waals surface area contributed by atoms with Gasteiger partial charge in [-0.25, -0.2) is 0 Å². The first-order chi connectivity index (χ1) is 9.58. The van der Waals surface area contributed by atoms with Crippen LogP contribution in [-0.4, -0.2) is 36.0 Å². The molecule has 0 amide bonds. The van der Waals surface area contributed by atoms with Crippen LogP contribution < -0.4 is 5.32 Å². The quantitative estimate of drug-likeness (QED) is 0.641. The van der Waals surface area contributed by atoms with Crippen LogP contribution in [0.15, 0.2) is 18.2 Å². The van der Waals surface area contributed by atoms with Crippen LogP contribution in [0.4, 0.5) is 11.4 Å². The fraction of sp³-hybridized carbons (Fsp3) is 0.600. The van der Waals surface area contributed by atoms with Crippen molar-refractivity contribution in [2.24, 2.45) is 5.92 Å². The Labute approximate surface area is 120 Å². The lowest BCUT2D eigenvalue weighted by Gasteiger charge is -2.21. The zero-order valence-electron chi connectivity index (χ0n) is 12.3. The van der Waals surface area contributed by atoms with Crippen molar-refractivity contribution in [2.45, 2.75) is 26.7 Å². The van der Waals surface area contributed by atoms with Crippen LogP contribution in [0.25, 0.3) is 0 Å². The predicted octanol–water partition coefficient (Wildman–Crippen LogP) is 3.05. The number of nitrogens with zero attached hydrogens (tertiary/aromatic N) is 2. The van der Waals surface area contributed by atoms with Gasteiger partial charge in [0, 0.05) is 30.4 Å². The van der Waals surface area contributed by atoms with E-state index in [-0.39, 0.29) is 10.6 Å². The summed E-state index contributed by atoms with van der Waals surface area (Å²) in [5.41, 5.74) is 1.76. The fourth-order valence-electron chi connectivity index (χ4n) is 2.77. The van der Waals surface area contributed by atoms with Gasteiger partial charge in [-0.15, -0.1) is 0 Å². The monoisotopic (exact) mass is 277 g/mol. The Hall–Kier alpha value is -1.62. The standard InChI is InChI=1S/C15H23N3O2/c1-12(11-17-8-3-4-9-17)10-16-14-6-5-7-15(13(14)2)18(19)20/h5-7,12,16H,3-4,8-11H2,1-2H3. The van der Waals surface area contributed by atoms with Crippen molar-refractivity contribution in [2.75, 3.05) is 31.5 Å². The molecule has 0 bridgehead atoms. The molecule has 1 fully saturated rings. The molecule has 1 atom stereocenters. The lowest BCUT2D eigenvalue weighted by Crippen LogP contribution is -2.29. The molecule has 2 rings (SSSR count). The van der Waals surface area contributed by atoms with E-state index >= 15 is 0 Å². The number of rotatable bonds is 6. The van der Waals surface area contributed by atoms with Crippen LogP contribution in [-0.2, 0) is 0 Å². The van der Waals surface area contributed by atoms with E-state index in [4.69, 9.17) is 0 Å². The van der Waals surface area contributed by atoms with E-state index in [0.29, 0.717) is 11.5 Å². The van der Waals surface area contributed by atoms with Crippen molar-refractivity contribution in [3.8, 4) is 0 Å². The number of nitro benzene ring substituents is 1. The number of nitro groups is 1. The summed E-state index contributed by atoms with van der Waals surface area (Å²) in [4.78, 5) is 13.1. The fourth-order valence-corrected chi connectivity index (χ4v) is 2.77. The number of anilines is 1. The number of hydrogen-bond acceptors (Lipinski definition) is 4. The van der Waals surface area contributed by atoms with Crippen LogP contribution in [0.3, 0.4) is 0 Å². The number of nitrogens with one attached hydrogen (secondary N) is 1. The van der Waals surface area contributed by atoms with E-state index in [1.54, 1.807) is 19.1 Å². The summed E-state index contributed by atoms with van der Waals surface area (Å²) in [5.74, 6) is 0.534. The number of hydrogen-bond donors (Lipinski definition) is 1. The average molecular weight is 277 g/mol. The maximum Gasteiger partial charge on any atom is 0.274 e. The highest BCUT2D eigenvalue weighted by Crippen LogP contribution is 2.25. The third-order valence-corrected chi connectivity index (χ3v) is 3.91. The van der Waals surface area contributed by atoms with Crippen LogP contribution in [0.5, 0.6) is 0 Å². The van der Waals surface area contributed by atoms with Gasteiger partial charge in [0.15, 0.2) is 0 Å². The summed E-state index contributed by atoms with van der Waals surface area (Å²) in [6.07, 6.45) is 2.62. The van der Waals surface area contributed by atoms with E-state index in [9.17, 15) is 10.1 Å². The van der Waals surface area contributed by atoms with Crippen molar-refractivity contribution in [3.63, 3.8) is 0 Å². The first kappa shape index (κ1) is 14.8. The summed E-state index contributed by atoms with van der Waals surface area (Å²) in [7, 11) is 0. The zero-order valence-corrected chi connectivity index (χ0v) is 12.3. The first-order valence-electron chi connectivity index (χ1n) is 7.28. The lowest BCUT2D eigenvalue weighted by atomic mass is 10.1. The second-order valence-electron chi connectivity index (χ2n) is 5.70. The Kier molecular flexibility index (Phi) is 4.95. The molecule has 1 aliphatic heterocycles. The van der Waals surface area contributed by atoms with Gasteiger partial charge in [-0.2, -0.15) is 0 Å². The van der Waals surface area contributed by atoms with E-state index in [1.165, 1.54) is 25.9 Å². The van der Waals surface area contributed by atoms with Crippen molar-refractivity contribution >= 4 is 11.4 Å². The molecule has 0 aromatic heterocycles. The largest absolute Gasteiger partial charge is 0.384 e. The van der Waals surface area contributed by atoms with E-state index < -0.39 is 0 Å². The topological polar surface area (TPSA) is 58.4 Å². The van der Waals surface area contributed by atoms with Gasteiger partial charge < -0.3 is 10.2 Å². The predicted molar refractivity (Wildman–Crippen MR) is 81.2 cm³/mol. The van der Waals surface area contributed by atoms with E-state index in [1.807, 2.05) is 6.07 Å². The Morgan fingerprint density at radius 1 is 1.40 bits per heavy atom. The molecule has 1 N–H and O–H groups in total. The Bertz CT molecular complexity index is 470. The van der Waals surface area contributed by atoms with Crippen LogP contribution >= 0.6 is 0 Å². The highest BCUT2D eigenvalue weighted by atomic mass is 16.6. The van der Waals surface area contributed by atoms with Crippen molar-refractivity contribution in [3.05, 3.63) is 33.9 Å². The summed E-state index contributed by atoms with van der Waals surface area (Å²) >= 11 is 0. The third kappa shape index (κ3) is 3.70. The molecule has 20 heavy (non-hydrogen) atoms. The Morgan fingerprint density at radius 2 is 2.10 bits per heavy atom. The molecule has 0 radical (unpaired) electrons. The second kappa shape index (κ2) is 6.70. The molecular weight excluding hydrogens is 254 g/mol. The molecule has 1 unspecified atom stereocenters. The summed E-state index contributed by atoms with van der Waals surface area (Å²) < 4.78 is 0. The molecule has 5 heteroatoms. The minimum Gasteiger partial charge on any atom is -0.384 e. The first-order valence-corrected chi connectivity index (χ1v) is 7.28. The molecule has 1 aliphatic rings. The van der Waals surface area contributed by atoms with Gasteiger partial charge >= 0.3 is 0 Å². The van der Waals surface area contributed by atoms with Crippen molar-refractivity contribution < 1.29 is 4.92 Å². The molecule has 0 aliphatic carbocycles. The minimum atomic E-state index is -0.325. The number of likely N-dealkylation sites (tertiary alicyclic amines) is 1. The smallest absolute Gasteiger partial charge is 0.274 e. The number of benzene rings is 1. The minimum absolute atomic E-state index is 0.183. The molecule has 110 valence electrons. The van der Waals surface area contributed by atoms with Gasteiger partial charge in [0.05, 0.1) is 4.92 Å². The van der Waals surface area contributed by atoms with Crippen LogP contribution in [0.2, 0.25) is 0 Å². The van der Waals surface area contributed by atoms with Crippen LogP contribution in [0.1, 0.15) is 25.3 Å². The molecule has 5 nitrogen and oxygen atoms in total. The van der Waals surface area contributed by atoms with Gasteiger partial charge in [0.2, 0.25) is 0 Å². The van der Waals surface area contributed by atoms with Gasteiger partial charge in [-0.3, -0.25) is 10.1 Å². The van der Waals surface area contributed by atoms with Crippen LogP contribution in [0, 0.1) is 23.0 Å². The normalized spacial score (nSPS) is 17.1. The molecule has 0 saturated carbocycles. The highest BCUT2D eigenvalue weighted by molar-refractivity contribution is 5.59. The SMILES string of the molecule is Cc1c(NCC(C)CN2CCCC2)cccc1[N+](=O)[O-]. The molecule has 1 heterocycles. The van der Waals surface area contributed by atoms with Gasteiger partial charge in [-0.1, -0.05) is 13.0 Å². The zero-order chi connectivity index (χ0) is 14.5. The molecule has 1 saturated heterocycles. The summed E-state index contributed by atoms with van der Waals surface area (Å²) in [5, 5.41) is 14.3. The maximum absolute atomic E-state index is 10.9. The summed E-state index contributed by atoms with van der Waals surface area (Å²) in [6.45, 7) is 8.38. The van der Waals surface area contributed by atoms with Gasteiger partial charge in [0.1, 0.15) is 0 Å². The lowest BCUT2D eigenvalue weighted by molar-refractivity contribution is -0.385. The van der Waals surface area contributed by atoms with Crippen molar-refractivity contribution in [1.82, 2.24) is 4.90 Å². The van der Waals surface area contributed by atoms with Gasteiger partial charge in [-0.05, 0) is 44.8 Å². The molecule has 1 aromatic rings. The molecule has 1 aromatic carbocycles. The van der Waals surface area contributed by atoms with E-state index in [2.05, 4.69) is 17.1 Å². The molecular formula is C15H23N3O2. The Balaban J connectivity index is 1.90. The van der Waals surface area contributed by atoms with Gasteiger partial charge in [0.25, 0.3) is 5.69 Å². The third-order valence-electron chi connectivity index (χ3n) is 3.91. The average Bonchev–Trinajstić information content (AvgIpc) is 2.90. The Morgan fingerprint density at radius 3 is 2.75 bits per heavy atom. The second-order valence-corrected chi connectivity index (χ2v) is 5.70. The van der Waals surface area contributed by atoms with E-state index in [0.717, 1.165) is 18.8 Å².